The van der Waals surface area contributed by atoms with E-state index in [4.69, 9.17) is 9.97 Å². The van der Waals surface area contributed by atoms with E-state index in [2.05, 4.69) is 12.2 Å². The van der Waals surface area contributed by atoms with E-state index in [1.165, 1.54) is 36.8 Å². The summed E-state index contributed by atoms with van der Waals surface area (Å²) in [5, 5.41) is 0. The number of allylic oxidation sites excluding steroid dienone is 2. The van der Waals surface area contributed by atoms with Gasteiger partial charge in [-0.3, -0.25) is 9.59 Å². The SMILES string of the molecule is O=C1c2ccccc2C(=O)c2nc(C=C3CCCC3)c(C=C3CCCC3)nc21. The molecule has 1 aromatic carbocycles. The first-order valence-corrected chi connectivity index (χ1v) is 10.2. The lowest BCUT2D eigenvalue weighted by Gasteiger charge is -2.17. The molecule has 2 fully saturated rings. The minimum atomic E-state index is -0.205. The maximum atomic E-state index is 13.0. The Kier molecular flexibility index (Phi) is 4.27. The molecule has 1 aromatic heterocycles. The Bertz CT molecular complexity index is 962. The van der Waals surface area contributed by atoms with E-state index in [1.54, 1.807) is 24.3 Å². The number of hydrogen-bond donors (Lipinski definition) is 0. The van der Waals surface area contributed by atoms with Crippen LogP contribution in [0.15, 0.2) is 35.4 Å². The molecule has 0 aliphatic heterocycles. The number of aromatic nitrogens is 2. The third-order valence-corrected chi connectivity index (χ3v) is 5.97. The lowest BCUT2D eigenvalue weighted by molar-refractivity contribution is 0.0971. The molecule has 1 heterocycles. The van der Waals surface area contributed by atoms with Crippen LogP contribution in [0.1, 0.15) is 94.9 Å². The van der Waals surface area contributed by atoms with Gasteiger partial charge >= 0.3 is 0 Å². The molecule has 5 rings (SSSR count). The predicted molar refractivity (Wildman–Crippen MR) is 108 cm³/mol. The third kappa shape index (κ3) is 2.93. The first-order chi connectivity index (χ1) is 13.7. The van der Waals surface area contributed by atoms with Crippen molar-refractivity contribution in [3.05, 3.63) is 69.3 Å². The summed E-state index contributed by atoms with van der Waals surface area (Å²) in [7, 11) is 0. The van der Waals surface area contributed by atoms with Crippen LogP contribution in [0.5, 0.6) is 0 Å². The molecule has 0 saturated heterocycles. The smallest absolute Gasteiger partial charge is 0.214 e. The lowest BCUT2D eigenvalue weighted by Crippen LogP contribution is -2.24. The molecular weight excluding hydrogens is 348 g/mol. The van der Waals surface area contributed by atoms with Gasteiger partial charge in [0.05, 0.1) is 11.4 Å². The first kappa shape index (κ1) is 17.2. The molecule has 0 radical (unpaired) electrons. The number of benzene rings is 1. The highest BCUT2D eigenvalue weighted by Gasteiger charge is 2.33. The molecule has 3 aliphatic rings. The van der Waals surface area contributed by atoms with Crippen LogP contribution in [0.4, 0.5) is 0 Å². The van der Waals surface area contributed by atoms with E-state index in [0.717, 1.165) is 37.1 Å². The molecule has 0 bridgehead atoms. The van der Waals surface area contributed by atoms with Crippen LogP contribution < -0.4 is 0 Å². The summed E-state index contributed by atoms with van der Waals surface area (Å²) >= 11 is 0. The standard InChI is InChI=1S/C24H22N2O2/c27-23-17-11-5-6-12-18(17)24(28)22-21(23)25-19(13-15-7-1-2-8-15)20(26-22)14-16-9-3-4-10-16/h5-6,11-14H,1-4,7-10H2. The molecule has 0 amide bonds. The summed E-state index contributed by atoms with van der Waals surface area (Å²) in [4.78, 5) is 35.4. The predicted octanol–water partition coefficient (Wildman–Crippen LogP) is 5.17. The zero-order valence-corrected chi connectivity index (χ0v) is 15.8. The van der Waals surface area contributed by atoms with Gasteiger partial charge in [0.15, 0.2) is 0 Å². The van der Waals surface area contributed by atoms with Crippen molar-refractivity contribution in [2.24, 2.45) is 0 Å². The first-order valence-electron chi connectivity index (χ1n) is 10.2. The molecule has 4 heteroatoms. The van der Waals surface area contributed by atoms with Crippen molar-refractivity contribution in [1.82, 2.24) is 9.97 Å². The highest BCUT2D eigenvalue weighted by Crippen LogP contribution is 2.31. The average molecular weight is 370 g/mol. The molecule has 0 unspecified atom stereocenters. The van der Waals surface area contributed by atoms with Crippen molar-refractivity contribution >= 4 is 23.7 Å². The molecule has 4 nitrogen and oxygen atoms in total. The van der Waals surface area contributed by atoms with Crippen LogP contribution in [0.25, 0.3) is 12.2 Å². The van der Waals surface area contributed by atoms with E-state index < -0.39 is 0 Å². The molecule has 3 aliphatic carbocycles. The van der Waals surface area contributed by atoms with E-state index in [1.807, 2.05) is 0 Å². The Morgan fingerprint density at radius 2 is 1.04 bits per heavy atom. The summed E-state index contributed by atoms with van der Waals surface area (Å²) in [6.45, 7) is 0. The zero-order chi connectivity index (χ0) is 19.1. The van der Waals surface area contributed by atoms with Gasteiger partial charge in [0, 0.05) is 11.1 Å². The molecule has 0 atom stereocenters. The van der Waals surface area contributed by atoms with Crippen molar-refractivity contribution < 1.29 is 9.59 Å². The molecule has 0 N–H and O–H groups in total. The van der Waals surface area contributed by atoms with E-state index in [9.17, 15) is 9.59 Å². The van der Waals surface area contributed by atoms with Crippen molar-refractivity contribution in [2.45, 2.75) is 51.4 Å². The number of fused-ring (bicyclic) bond motifs is 2. The summed E-state index contributed by atoms with van der Waals surface area (Å²) in [6, 6.07) is 6.96. The van der Waals surface area contributed by atoms with E-state index >= 15 is 0 Å². The average Bonchev–Trinajstić information content (AvgIpc) is 3.41. The fourth-order valence-electron chi connectivity index (χ4n) is 4.46. The third-order valence-electron chi connectivity index (χ3n) is 5.97. The molecule has 0 spiro atoms. The number of ketones is 2. The summed E-state index contributed by atoms with van der Waals surface area (Å²) in [6.07, 6.45) is 13.3. The monoisotopic (exact) mass is 370 g/mol. The van der Waals surface area contributed by atoms with Gasteiger partial charge in [0.25, 0.3) is 0 Å². The molecule has 28 heavy (non-hydrogen) atoms. The Balaban J connectivity index is 1.68. The zero-order valence-electron chi connectivity index (χ0n) is 15.8. The van der Waals surface area contributed by atoms with Gasteiger partial charge in [-0.05, 0) is 63.5 Å². The number of carbonyl (C=O) groups is 2. The molecule has 2 saturated carbocycles. The van der Waals surface area contributed by atoms with Crippen LogP contribution >= 0.6 is 0 Å². The van der Waals surface area contributed by atoms with Crippen LogP contribution in [0.3, 0.4) is 0 Å². The normalized spacial score (nSPS) is 18.3. The number of nitrogens with zero attached hydrogens (tertiary/aromatic N) is 2. The van der Waals surface area contributed by atoms with Crippen LogP contribution in [-0.2, 0) is 0 Å². The number of rotatable bonds is 2. The summed E-state index contributed by atoms with van der Waals surface area (Å²) in [5.74, 6) is -0.410. The van der Waals surface area contributed by atoms with Crippen LogP contribution in [-0.4, -0.2) is 21.5 Å². The second kappa shape index (κ2) is 6.93. The highest BCUT2D eigenvalue weighted by molar-refractivity contribution is 6.27. The van der Waals surface area contributed by atoms with Crippen molar-refractivity contribution in [3.8, 4) is 0 Å². The minimum absolute atomic E-state index is 0.196. The molecule has 2 aromatic rings. The Labute approximate surface area is 164 Å². The van der Waals surface area contributed by atoms with Gasteiger partial charge in [-0.15, -0.1) is 0 Å². The van der Waals surface area contributed by atoms with Crippen molar-refractivity contribution in [2.75, 3.05) is 0 Å². The van der Waals surface area contributed by atoms with Gasteiger partial charge in [-0.1, -0.05) is 35.4 Å². The van der Waals surface area contributed by atoms with Gasteiger partial charge in [-0.2, -0.15) is 0 Å². The summed E-state index contributed by atoms with van der Waals surface area (Å²) in [5.41, 5.74) is 5.42. The highest BCUT2D eigenvalue weighted by atomic mass is 16.1. The van der Waals surface area contributed by atoms with Gasteiger partial charge in [0.1, 0.15) is 11.4 Å². The van der Waals surface area contributed by atoms with Gasteiger partial charge in [0.2, 0.25) is 11.6 Å². The van der Waals surface area contributed by atoms with Crippen molar-refractivity contribution in [3.63, 3.8) is 0 Å². The van der Waals surface area contributed by atoms with Crippen molar-refractivity contribution in [1.29, 1.82) is 0 Å². The fraction of sp³-hybridized carbons (Fsp3) is 0.333. The maximum absolute atomic E-state index is 13.0. The topological polar surface area (TPSA) is 59.9 Å². The van der Waals surface area contributed by atoms with Gasteiger partial charge < -0.3 is 0 Å². The number of hydrogen-bond acceptors (Lipinski definition) is 4. The van der Waals surface area contributed by atoms with E-state index in [0.29, 0.717) is 11.1 Å². The Hall–Kier alpha value is -2.88. The Morgan fingerprint density at radius 3 is 1.43 bits per heavy atom. The minimum Gasteiger partial charge on any atom is -0.287 e. The fourth-order valence-corrected chi connectivity index (χ4v) is 4.46. The quantitative estimate of drug-likeness (QED) is 0.625. The van der Waals surface area contributed by atoms with Crippen LogP contribution in [0.2, 0.25) is 0 Å². The lowest BCUT2D eigenvalue weighted by atomic mass is 9.89. The largest absolute Gasteiger partial charge is 0.287 e. The molecule has 140 valence electrons. The van der Waals surface area contributed by atoms with E-state index in [-0.39, 0.29) is 23.0 Å². The maximum Gasteiger partial charge on any atom is 0.214 e. The summed E-state index contributed by atoms with van der Waals surface area (Å²) < 4.78 is 0. The second-order valence-electron chi connectivity index (χ2n) is 7.91. The molecular formula is C24H22N2O2. The Morgan fingerprint density at radius 1 is 0.643 bits per heavy atom. The number of carbonyl (C=O) groups excluding carboxylic acids is 2. The van der Waals surface area contributed by atoms with Gasteiger partial charge in [-0.25, -0.2) is 9.97 Å². The van der Waals surface area contributed by atoms with Crippen LogP contribution in [0, 0.1) is 0 Å². The second-order valence-corrected chi connectivity index (χ2v) is 7.91.